The second-order valence-corrected chi connectivity index (χ2v) is 6.52. The molecule has 1 fully saturated rings. The minimum absolute atomic E-state index is 0.0535. The van der Waals surface area contributed by atoms with Crippen molar-refractivity contribution >= 4 is 17.2 Å². The molecule has 2 heterocycles. The number of nitrogens with two attached hydrogens (primary N) is 1. The Kier molecular flexibility index (Phi) is 4.29. The summed E-state index contributed by atoms with van der Waals surface area (Å²) in [6.45, 7) is 3.45. The maximum Gasteiger partial charge on any atom is 0.247 e. The van der Waals surface area contributed by atoms with E-state index in [0.717, 1.165) is 11.1 Å². The number of carbonyl (C=O) groups excluding carboxylic acids is 1. The molecule has 1 saturated heterocycles. The first-order valence-corrected chi connectivity index (χ1v) is 8.31. The van der Waals surface area contributed by atoms with E-state index in [2.05, 4.69) is 5.38 Å². The van der Waals surface area contributed by atoms with E-state index in [1.807, 2.05) is 46.7 Å². The number of morpholine rings is 1. The highest BCUT2D eigenvalue weighted by Crippen LogP contribution is 2.27. The second-order valence-electron chi connectivity index (χ2n) is 5.74. The number of benzene rings is 1. The molecule has 5 heteroatoms. The molecule has 3 rings (SSSR count). The van der Waals surface area contributed by atoms with Crippen molar-refractivity contribution in [1.82, 2.24) is 4.90 Å². The molecular formula is C17H20N2O2S. The third-order valence-corrected chi connectivity index (χ3v) is 4.79. The Morgan fingerprint density at radius 2 is 2.14 bits per heavy atom. The largest absolute Gasteiger partial charge is 0.370 e. The number of ether oxygens (including phenoxy) is 1. The second kappa shape index (κ2) is 6.20. The fraction of sp³-hybridized carbons (Fsp3) is 0.353. The van der Waals surface area contributed by atoms with Crippen molar-refractivity contribution in [2.75, 3.05) is 19.7 Å². The molecule has 1 aromatic carbocycles. The molecule has 0 spiro atoms. The van der Waals surface area contributed by atoms with E-state index in [1.165, 1.54) is 0 Å². The van der Waals surface area contributed by atoms with Gasteiger partial charge in [0.15, 0.2) is 0 Å². The predicted molar refractivity (Wildman–Crippen MR) is 87.6 cm³/mol. The van der Waals surface area contributed by atoms with Gasteiger partial charge in [-0.3, -0.25) is 4.79 Å². The lowest BCUT2D eigenvalue weighted by Gasteiger charge is -2.37. The van der Waals surface area contributed by atoms with Crippen LogP contribution in [-0.2, 0) is 15.1 Å². The summed E-state index contributed by atoms with van der Waals surface area (Å²) in [6, 6.07) is 11.6. The average Bonchev–Trinajstić information content (AvgIpc) is 3.09. The highest BCUT2D eigenvalue weighted by atomic mass is 32.1. The molecule has 1 aromatic heterocycles. The van der Waals surface area contributed by atoms with Crippen LogP contribution in [0.25, 0.3) is 0 Å². The van der Waals surface area contributed by atoms with Gasteiger partial charge < -0.3 is 15.4 Å². The Bertz CT molecular complexity index is 625. The highest BCUT2D eigenvalue weighted by Gasteiger charge is 2.37. The molecule has 0 radical (unpaired) electrons. The van der Waals surface area contributed by atoms with E-state index >= 15 is 0 Å². The van der Waals surface area contributed by atoms with E-state index < -0.39 is 5.54 Å². The zero-order valence-electron chi connectivity index (χ0n) is 12.6. The van der Waals surface area contributed by atoms with Crippen LogP contribution >= 0.6 is 11.3 Å². The molecule has 0 bridgehead atoms. The van der Waals surface area contributed by atoms with E-state index in [1.54, 1.807) is 18.3 Å². The molecule has 0 saturated carbocycles. The smallest absolute Gasteiger partial charge is 0.247 e. The lowest BCUT2D eigenvalue weighted by molar-refractivity contribution is -0.144. The number of nitrogens with zero attached hydrogens (tertiary/aromatic N) is 1. The van der Waals surface area contributed by atoms with Crippen molar-refractivity contribution < 1.29 is 9.53 Å². The summed E-state index contributed by atoms with van der Waals surface area (Å²) in [5, 5.41) is 4.09. The average molecular weight is 316 g/mol. The van der Waals surface area contributed by atoms with Gasteiger partial charge in [0.2, 0.25) is 5.91 Å². The highest BCUT2D eigenvalue weighted by molar-refractivity contribution is 7.07. The first-order valence-electron chi connectivity index (χ1n) is 7.36. The molecule has 0 aliphatic carbocycles. The van der Waals surface area contributed by atoms with Gasteiger partial charge >= 0.3 is 0 Å². The van der Waals surface area contributed by atoms with Crippen molar-refractivity contribution in [1.29, 1.82) is 0 Å². The van der Waals surface area contributed by atoms with Gasteiger partial charge in [-0.25, -0.2) is 0 Å². The van der Waals surface area contributed by atoms with E-state index in [0.29, 0.717) is 19.7 Å². The number of thiophene rings is 1. The van der Waals surface area contributed by atoms with Gasteiger partial charge in [-0.1, -0.05) is 30.3 Å². The topological polar surface area (TPSA) is 55.6 Å². The third kappa shape index (κ3) is 2.92. The molecule has 2 N–H and O–H groups in total. The van der Waals surface area contributed by atoms with Gasteiger partial charge in [-0.05, 0) is 34.9 Å². The molecule has 4 nitrogen and oxygen atoms in total. The van der Waals surface area contributed by atoms with Crippen LogP contribution in [0.4, 0.5) is 0 Å². The van der Waals surface area contributed by atoms with Gasteiger partial charge in [-0.2, -0.15) is 11.3 Å². The van der Waals surface area contributed by atoms with Crippen LogP contribution in [0.5, 0.6) is 0 Å². The van der Waals surface area contributed by atoms with Crippen LogP contribution in [0.2, 0.25) is 0 Å². The normalized spacial score (nSPS) is 21.4. The van der Waals surface area contributed by atoms with Crippen LogP contribution in [-0.4, -0.2) is 30.5 Å². The quantitative estimate of drug-likeness (QED) is 0.946. The molecule has 1 aliphatic rings. The predicted octanol–water partition coefficient (Wildman–Crippen LogP) is 2.52. The molecule has 2 atom stereocenters. The van der Waals surface area contributed by atoms with Crippen LogP contribution in [0.15, 0.2) is 47.2 Å². The maximum absolute atomic E-state index is 12.9. The fourth-order valence-corrected chi connectivity index (χ4v) is 3.43. The molecule has 2 aromatic rings. The van der Waals surface area contributed by atoms with Crippen molar-refractivity contribution in [3.8, 4) is 0 Å². The van der Waals surface area contributed by atoms with Crippen LogP contribution in [0.3, 0.4) is 0 Å². The number of amides is 1. The molecule has 1 aliphatic heterocycles. The number of hydrogen-bond acceptors (Lipinski definition) is 4. The molecule has 22 heavy (non-hydrogen) atoms. The van der Waals surface area contributed by atoms with Crippen molar-refractivity contribution in [3.63, 3.8) is 0 Å². The molecule has 116 valence electrons. The Balaban J connectivity index is 1.77. The SMILES string of the molecule is CC(N)(C(=O)N1CCOC(c2ccsc2)C1)c1ccccc1. The minimum atomic E-state index is -1.02. The van der Waals surface area contributed by atoms with Gasteiger partial charge in [-0.15, -0.1) is 0 Å². The van der Waals surface area contributed by atoms with Crippen molar-refractivity contribution in [2.24, 2.45) is 5.73 Å². The Labute approximate surface area is 134 Å². The molecule has 2 unspecified atom stereocenters. The third-order valence-electron chi connectivity index (χ3n) is 4.09. The monoisotopic (exact) mass is 316 g/mol. The number of carbonyl (C=O) groups is 1. The molecular weight excluding hydrogens is 296 g/mol. The summed E-state index contributed by atoms with van der Waals surface area (Å²) in [5.74, 6) is -0.0535. The summed E-state index contributed by atoms with van der Waals surface area (Å²) < 4.78 is 5.79. The number of hydrogen-bond donors (Lipinski definition) is 1. The standard InChI is InChI=1S/C17H20N2O2S/c1-17(18,14-5-3-2-4-6-14)16(20)19-8-9-21-15(11-19)13-7-10-22-12-13/h2-7,10,12,15H,8-9,11,18H2,1H3. The van der Waals surface area contributed by atoms with Crippen LogP contribution in [0.1, 0.15) is 24.2 Å². The summed E-state index contributed by atoms with van der Waals surface area (Å²) in [4.78, 5) is 14.7. The summed E-state index contributed by atoms with van der Waals surface area (Å²) in [5.41, 5.74) is 7.29. The van der Waals surface area contributed by atoms with Gasteiger partial charge in [0, 0.05) is 6.54 Å². The molecule has 1 amide bonds. The van der Waals surface area contributed by atoms with Crippen LogP contribution < -0.4 is 5.73 Å². The Morgan fingerprint density at radius 3 is 2.82 bits per heavy atom. The summed E-state index contributed by atoms with van der Waals surface area (Å²) in [7, 11) is 0. The first kappa shape index (κ1) is 15.2. The zero-order valence-corrected chi connectivity index (χ0v) is 13.4. The van der Waals surface area contributed by atoms with E-state index in [4.69, 9.17) is 10.5 Å². The Hall–Kier alpha value is -1.69. The van der Waals surface area contributed by atoms with Gasteiger partial charge in [0.1, 0.15) is 11.6 Å². The van der Waals surface area contributed by atoms with Crippen molar-refractivity contribution in [3.05, 3.63) is 58.3 Å². The van der Waals surface area contributed by atoms with Gasteiger partial charge in [0.05, 0.1) is 13.2 Å². The summed E-state index contributed by atoms with van der Waals surface area (Å²) >= 11 is 1.64. The first-order chi connectivity index (χ1) is 10.6. The zero-order chi connectivity index (χ0) is 15.6. The van der Waals surface area contributed by atoms with Gasteiger partial charge in [0.25, 0.3) is 0 Å². The Morgan fingerprint density at radius 1 is 1.36 bits per heavy atom. The van der Waals surface area contributed by atoms with Crippen molar-refractivity contribution in [2.45, 2.75) is 18.6 Å². The van der Waals surface area contributed by atoms with E-state index in [-0.39, 0.29) is 12.0 Å². The lowest BCUT2D eigenvalue weighted by Crippen LogP contribution is -2.54. The summed E-state index contributed by atoms with van der Waals surface area (Å²) in [6.07, 6.45) is -0.0597. The van der Waals surface area contributed by atoms with E-state index in [9.17, 15) is 4.79 Å². The minimum Gasteiger partial charge on any atom is -0.370 e. The van der Waals surface area contributed by atoms with Crippen LogP contribution in [0, 0.1) is 0 Å². The maximum atomic E-state index is 12.9. The fourth-order valence-electron chi connectivity index (χ4n) is 2.73. The number of rotatable bonds is 3. The lowest BCUT2D eigenvalue weighted by atomic mass is 9.91.